The van der Waals surface area contributed by atoms with Crippen LogP contribution in [0.15, 0.2) is 35.0 Å². The van der Waals surface area contributed by atoms with Gasteiger partial charge in [0.25, 0.3) is 5.91 Å². The summed E-state index contributed by atoms with van der Waals surface area (Å²) in [6.07, 6.45) is 0.822. The molecule has 2 rings (SSSR count). The van der Waals surface area contributed by atoms with Crippen molar-refractivity contribution in [3.8, 4) is 0 Å². The molecular weight excluding hydrogens is 280 g/mol. The Balaban J connectivity index is 1.63. The normalized spacial score (nSPS) is 10.1. The van der Waals surface area contributed by atoms with Gasteiger partial charge in [0.2, 0.25) is 5.91 Å². The molecule has 19 heavy (non-hydrogen) atoms. The quantitative estimate of drug-likeness (QED) is 0.855. The van der Waals surface area contributed by atoms with Gasteiger partial charge in [0.1, 0.15) is 0 Å². The molecule has 0 aliphatic heterocycles. The average molecular weight is 294 g/mol. The van der Waals surface area contributed by atoms with Gasteiger partial charge in [-0.2, -0.15) is 0 Å². The molecule has 0 spiro atoms. The van der Waals surface area contributed by atoms with Gasteiger partial charge in [0.05, 0.1) is 11.4 Å². The Bertz CT molecular complexity index is 521. The van der Waals surface area contributed by atoms with E-state index in [9.17, 15) is 9.59 Å². The lowest BCUT2D eigenvalue weighted by molar-refractivity contribution is -0.120. The molecule has 0 atom stereocenters. The summed E-state index contributed by atoms with van der Waals surface area (Å²) in [5.41, 5.74) is 0. The summed E-state index contributed by atoms with van der Waals surface area (Å²) in [6, 6.07) is 7.56. The highest BCUT2D eigenvalue weighted by atomic mass is 32.1. The summed E-state index contributed by atoms with van der Waals surface area (Å²) in [7, 11) is 0. The van der Waals surface area contributed by atoms with Crippen LogP contribution in [0.3, 0.4) is 0 Å². The number of hydrogen-bond acceptors (Lipinski definition) is 4. The number of carbonyl (C=O) groups is 2. The lowest BCUT2D eigenvalue weighted by Gasteiger charge is -2.05. The van der Waals surface area contributed by atoms with Gasteiger partial charge in [-0.15, -0.1) is 22.7 Å². The summed E-state index contributed by atoms with van der Waals surface area (Å²) >= 11 is 3.03. The number of rotatable bonds is 6. The van der Waals surface area contributed by atoms with Crippen molar-refractivity contribution in [1.29, 1.82) is 0 Å². The van der Waals surface area contributed by atoms with Gasteiger partial charge in [-0.3, -0.25) is 9.59 Å². The molecule has 0 bridgehead atoms. The van der Waals surface area contributed by atoms with Gasteiger partial charge in [0, 0.05) is 11.4 Å². The van der Waals surface area contributed by atoms with Gasteiger partial charge >= 0.3 is 0 Å². The Labute approximate surface area is 119 Å². The van der Waals surface area contributed by atoms with Gasteiger partial charge in [-0.05, 0) is 29.3 Å². The molecule has 0 aliphatic rings. The van der Waals surface area contributed by atoms with E-state index >= 15 is 0 Å². The Morgan fingerprint density at radius 2 is 1.84 bits per heavy atom. The summed E-state index contributed by atoms with van der Waals surface area (Å²) in [4.78, 5) is 25.0. The van der Waals surface area contributed by atoms with E-state index in [-0.39, 0.29) is 18.4 Å². The first kappa shape index (κ1) is 13.8. The van der Waals surface area contributed by atoms with E-state index in [4.69, 9.17) is 0 Å². The maximum Gasteiger partial charge on any atom is 0.261 e. The zero-order valence-corrected chi connectivity index (χ0v) is 11.9. The summed E-state index contributed by atoms with van der Waals surface area (Å²) < 4.78 is 0. The fourth-order valence-corrected chi connectivity index (χ4v) is 2.85. The molecule has 0 aliphatic carbocycles. The van der Waals surface area contributed by atoms with Crippen LogP contribution in [0.5, 0.6) is 0 Å². The van der Waals surface area contributed by atoms with Crippen molar-refractivity contribution < 1.29 is 9.59 Å². The first-order valence-corrected chi connectivity index (χ1v) is 7.62. The van der Waals surface area contributed by atoms with Crippen molar-refractivity contribution in [3.05, 3.63) is 44.8 Å². The molecule has 100 valence electrons. The van der Waals surface area contributed by atoms with Crippen molar-refractivity contribution in [2.24, 2.45) is 0 Å². The first-order valence-electron chi connectivity index (χ1n) is 5.86. The van der Waals surface area contributed by atoms with Crippen LogP contribution >= 0.6 is 22.7 Å². The average Bonchev–Trinajstić information content (AvgIpc) is 3.08. The zero-order valence-electron chi connectivity index (χ0n) is 10.2. The Morgan fingerprint density at radius 1 is 1.05 bits per heavy atom. The minimum absolute atomic E-state index is 0.0151. The predicted molar refractivity (Wildman–Crippen MR) is 77.7 cm³/mol. The van der Waals surface area contributed by atoms with E-state index in [0.29, 0.717) is 11.4 Å². The van der Waals surface area contributed by atoms with Crippen LogP contribution in [-0.4, -0.2) is 24.9 Å². The third-order valence-corrected chi connectivity index (χ3v) is 4.23. The molecule has 2 N–H and O–H groups in total. The topological polar surface area (TPSA) is 58.2 Å². The largest absolute Gasteiger partial charge is 0.354 e. The molecule has 2 amide bonds. The van der Waals surface area contributed by atoms with Crippen LogP contribution in [0, 0.1) is 0 Å². The molecule has 6 heteroatoms. The van der Waals surface area contributed by atoms with Crippen molar-refractivity contribution in [3.63, 3.8) is 0 Å². The summed E-state index contributed by atoms with van der Waals surface area (Å²) in [5.74, 6) is -0.370. The summed E-state index contributed by atoms with van der Waals surface area (Å²) in [6.45, 7) is 0.607. The second-order valence-electron chi connectivity index (χ2n) is 3.84. The van der Waals surface area contributed by atoms with E-state index in [1.54, 1.807) is 23.5 Å². The highest BCUT2D eigenvalue weighted by Crippen LogP contribution is 2.08. The monoisotopic (exact) mass is 294 g/mol. The van der Waals surface area contributed by atoms with Gasteiger partial charge in [-0.1, -0.05) is 12.1 Å². The standard InChI is InChI=1S/C13H14N2O2S2/c16-12(14-6-5-10-3-1-7-18-10)9-15-13(17)11-4-2-8-19-11/h1-4,7-8H,5-6,9H2,(H,14,16)(H,15,17). The number of carbonyl (C=O) groups excluding carboxylic acids is 2. The van der Waals surface area contributed by atoms with Crippen molar-refractivity contribution in [1.82, 2.24) is 10.6 Å². The summed E-state index contributed by atoms with van der Waals surface area (Å²) in [5, 5.41) is 9.21. The van der Waals surface area contributed by atoms with Crippen LogP contribution in [0.2, 0.25) is 0 Å². The number of amides is 2. The van der Waals surface area contributed by atoms with Crippen LogP contribution in [0.4, 0.5) is 0 Å². The molecule has 2 aromatic rings. The molecule has 0 saturated carbocycles. The zero-order chi connectivity index (χ0) is 13.5. The first-order chi connectivity index (χ1) is 9.25. The lowest BCUT2D eigenvalue weighted by Crippen LogP contribution is -2.37. The van der Waals surface area contributed by atoms with Crippen molar-refractivity contribution in [2.45, 2.75) is 6.42 Å². The molecule has 2 heterocycles. The maximum absolute atomic E-state index is 11.6. The van der Waals surface area contributed by atoms with Crippen LogP contribution in [-0.2, 0) is 11.2 Å². The molecule has 0 unspecified atom stereocenters. The van der Waals surface area contributed by atoms with E-state index in [2.05, 4.69) is 10.6 Å². The number of thiophene rings is 2. The predicted octanol–water partition coefficient (Wildman–Crippen LogP) is 1.90. The number of hydrogen-bond donors (Lipinski definition) is 2. The second-order valence-corrected chi connectivity index (χ2v) is 5.82. The second kappa shape index (κ2) is 7.06. The molecule has 4 nitrogen and oxygen atoms in total. The van der Waals surface area contributed by atoms with E-state index < -0.39 is 0 Å². The molecular formula is C13H14N2O2S2. The van der Waals surface area contributed by atoms with Crippen molar-refractivity contribution >= 4 is 34.5 Å². The smallest absolute Gasteiger partial charge is 0.261 e. The van der Waals surface area contributed by atoms with Gasteiger partial charge < -0.3 is 10.6 Å². The van der Waals surface area contributed by atoms with E-state index in [1.165, 1.54) is 16.2 Å². The Kier molecular flexibility index (Phi) is 5.11. The molecule has 0 fully saturated rings. The van der Waals surface area contributed by atoms with E-state index in [0.717, 1.165) is 6.42 Å². The maximum atomic E-state index is 11.6. The van der Waals surface area contributed by atoms with Crippen LogP contribution in [0.25, 0.3) is 0 Å². The highest BCUT2D eigenvalue weighted by molar-refractivity contribution is 7.12. The Morgan fingerprint density at radius 3 is 2.53 bits per heavy atom. The highest BCUT2D eigenvalue weighted by Gasteiger charge is 2.08. The molecule has 0 aromatic carbocycles. The molecule has 0 radical (unpaired) electrons. The molecule has 2 aromatic heterocycles. The fraction of sp³-hybridized carbons (Fsp3) is 0.231. The Hall–Kier alpha value is -1.66. The SMILES string of the molecule is O=C(CNC(=O)c1cccs1)NCCc1cccs1. The minimum atomic E-state index is -0.205. The van der Waals surface area contributed by atoms with Crippen molar-refractivity contribution in [2.75, 3.05) is 13.1 Å². The molecule has 0 saturated heterocycles. The van der Waals surface area contributed by atoms with Gasteiger partial charge in [0.15, 0.2) is 0 Å². The fourth-order valence-electron chi connectivity index (χ4n) is 1.50. The van der Waals surface area contributed by atoms with Gasteiger partial charge in [-0.25, -0.2) is 0 Å². The minimum Gasteiger partial charge on any atom is -0.354 e. The third-order valence-electron chi connectivity index (χ3n) is 2.43. The van der Waals surface area contributed by atoms with Crippen LogP contribution in [0.1, 0.15) is 14.5 Å². The third kappa shape index (κ3) is 4.50. The lowest BCUT2D eigenvalue weighted by atomic mass is 10.3. The van der Waals surface area contributed by atoms with E-state index in [1.807, 2.05) is 22.9 Å². The number of nitrogens with one attached hydrogen (secondary N) is 2. The van der Waals surface area contributed by atoms with Crippen LogP contribution < -0.4 is 10.6 Å².